The van der Waals surface area contributed by atoms with E-state index in [-0.39, 0.29) is 18.6 Å². The summed E-state index contributed by atoms with van der Waals surface area (Å²) in [6.07, 6.45) is -3.53. The van der Waals surface area contributed by atoms with Crippen LogP contribution < -0.4 is 10.6 Å². The lowest BCUT2D eigenvalue weighted by Gasteiger charge is -2.27. The van der Waals surface area contributed by atoms with E-state index in [9.17, 15) is 18.3 Å². The molecule has 7 heteroatoms. The molecule has 120 valence electrons. The van der Waals surface area contributed by atoms with Gasteiger partial charge in [-0.25, -0.2) is 0 Å². The van der Waals surface area contributed by atoms with E-state index in [1.165, 1.54) is 0 Å². The average molecular weight is 297 g/mol. The summed E-state index contributed by atoms with van der Waals surface area (Å²) in [6, 6.07) is 0. The van der Waals surface area contributed by atoms with Crippen molar-refractivity contribution in [3.8, 4) is 0 Å². The van der Waals surface area contributed by atoms with Gasteiger partial charge in [0.15, 0.2) is 5.96 Å². The average Bonchev–Trinajstić information content (AvgIpc) is 2.39. The van der Waals surface area contributed by atoms with Gasteiger partial charge in [0, 0.05) is 18.5 Å². The van der Waals surface area contributed by atoms with Crippen LogP contribution in [0.1, 0.15) is 40.0 Å². The molecule has 0 spiro atoms. The standard InChI is InChI=1S/C13H26F3N3O/c1-4-12(5-2,10-20)9-19-11(17-6-3)18-8-7-13(14,15)16/h20H,4-10H2,1-3H3,(H2,17,18,19). The van der Waals surface area contributed by atoms with Gasteiger partial charge in [0.25, 0.3) is 0 Å². The van der Waals surface area contributed by atoms with Gasteiger partial charge in [0.05, 0.1) is 19.6 Å². The highest BCUT2D eigenvalue weighted by Gasteiger charge is 2.27. The minimum atomic E-state index is -4.17. The Labute approximate surface area is 118 Å². The fourth-order valence-corrected chi connectivity index (χ4v) is 1.66. The van der Waals surface area contributed by atoms with Crippen molar-refractivity contribution in [2.45, 2.75) is 46.2 Å². The summed E-state index contributed by atoms with van der Waals surface area (Å²) in [5.41, 5.74) is -0.299. The molecule has 0 rings (SSSR count). The first-order valence-electron chi connectivity index (χ1n) is 7.02. The summed E-state index contributed by atoms with van der Waals surface area (Å²) < 4.78 is 36.3. The van der Waals surface area contributed by atoms with Crippen LogP contribution in [-0.4, -0.2) is 43.5 Å². The van der Waals surface area contributed by atoms with E-state index < -0.39 is 12.6 Å². The molecule has 0 radical (unpaired) electrons. The number of nitrogens with zero attached hydrogens (tertiary/aromatic N) is 1. The molecule has 0 aromatic carbocycles. The third-order valence-electron chi connectivity index (χ3n) is 3.45. The number of hydrogen-bond donors (Lipinski definition) is 3. The largest absolute Gasteiger partial charge is 0.396 e. The molecule has 0 fully saturated rings. The molecule has 4 nitrogen and oxygen atoms in total. The Hall–Kier alpha value is -0.980. The molecule has 0 aliphatic heterocycles. The molecule has 0 aliphatic rings. The number of hydrogen-bond acceptors (Lipinski definition) is 2. The highest BCUT2D eigenvalue weighted by molar-refractivity contribution is 5.79. The molecule has 0 unspecified atom stereocenters. The van der Waals surface area contributed by atoms with Crippen molar-refractivity contribution in [1.29, 1.82) is 0 Å². The van der Waals surface area contributed by atoms with Crippen LogP contribution in [-0.2, 0) is 0 Å². The van der Waals surface area contributed by atoms with Crippen LogP contribution in [0.3, 0.4) is 0 Å². The predicted octanol–water partition coefficient (Wildman–Crippen LogP) is 2.29. The Morgan fingerprint density at radius 3 is 2.10 bits per heavy atom. The SMILES string of the molecule is CCNC(=NCC(CC)(CC)CO)NCCC(F)(F)F. The highest BCUT2D eigenvalue weighted by Crippen LogP contribution is 2.25. The van der Waals surface area contributed by atoms with Gasteiger partial charge in [-0.2, -0.15) is 13.2 Å². The topological polar surface area (TPSA) is 56.7 Å². The highest BCUT2D eigenvalue weighted by atomic mass is 19.4. The van der Waals surface area contributed by atoms with Crippen LogP contribution in [0.25, 0.3) is 0 Å². The molecule has 0 amide bonds. The molecule has 0 aliphatic carbocycles. The summed E-state index contributed by atoms with van der Waals surface area (Å²) in [5.74, 6) is 0.358. The number of nitrogens with one attached hydrogen (secondary N) is 2. The van der Waals surface area contributed by atoms with E-state index in [1.807, 2.05) is 20.8 Å². The van der Waals surface area contributed by atoms with E-state index >= 15 is 0 Å². The molecule has 20 heavy (non-hydrogen) atoms. The minimum Gasteiger partial charge on any atom is -0.396 e. The summed E-state index contributed by atoms with van der Waals surface area (Å²) in [6.45, 7) is 6.56. The van der Waals surface area contributed by atoms with E-state index in [1.54, 1.807) is 0 Å². The second-order valence-electron chi connectivity index (χ2n) is 4.85. The Morgan fingerprint density at radius 1 is 1.10 bits per heavy atom. The van der Waals surface area contributed by atoms with Gasteiger partial charge >= 0.3 is 6.18 Å². The van der Waals surface area contributed by atoms with Gasteiger partial charge in [-0.05, 0) is 19.8 Å². The zero-order valence-electron chi connectivity index (χ0n) is 12.5. The van der Waals surface area contributed by atoms with E-state index in [0.29, 0.717) is 19.0 Å². The quantitative estimate of drug-likeness (QED) is 0.476. The molecule has 0 saturated carbocycles. The van der Waals surface area contributed by atoms with Gasteiger partial charge in [-0.15, -0.1) is 0 Å². The second-order valence-corrected chi connectivity index (χ2v) is 4.85. The number of aliphatic hydroxyl groups excluding tert-OH is 1. The van der Waals surface area contributed by atoms with Crippen molar-refractivity contribution < 1.29 is 18.3 Å². The fraction of sp³-hybridized carbons (Fsp3) is 0.923. The predicted molar refractivity (Wildman–Crippen MR) is 74.8 cm³/mol. The Bertz CT molecular complexity index is 281. The number of rotatable bonds is 8. The van der Waals surface area contributed by atoms with Gasteiger partial charge < -0.3 is 15.7 Å². The molecular formula is C13H26F3N3O. The van der Waals surface area contributed by atoms with Crippen molar-refractivity contribution in [3.63, 3.8) is 0 Å². The molecule has 0 aromatic heterocycles. The lowest BCUT2D eigenvalue weighted by atomic mass is 9.83. The number of alkyl halides is 3. The maximum atomic E-state index is 12.1. The van der Waals surface area contributed by atoms with Crippen LogP contribution in [0.2, 0.25) is 0 Å². The number of aliphatic imine (C=N–C) groups is 1. The van der Waals surface area contributed by atoms with Crippen LogP contribution in [0.15, 0.2) is 4.99 Å². The summed E-state index contributed by atoms with van der Waals surface area (Å²) in [5, 5.41) is 15.0. The Morgan fingerprint density at radius 2 is 1.70 bits per heavy atom. The van der Waals surface area contributed by atoms with E-state index in [2.05, 4.69) is 15.6 Å². The van der Waals surface area contributed by atoms with Gasteiger partial charge in [0.2, 0.25) is 0 Å². The van der Waals surface area contributed by atoms with E-state index in [4.69, 9.17) is 0 Å². The summed E-state index contributed by atoms with van der Waals surface area (Å²) >= 11 is 0. The number of guanidine groups is 1. The number of aliphatic hydroxyl groups is 1. The molecule has 0 heterocycles. The molecule has 0 bridgehead atoms. The maximum Gasteiger partial charge on any atom is 0.390 e. The first-order valence-corrected chi connectivity index (χ1v) is 7.02. The van der Waals surface area contributed by atoms with Crippen LogP contribution >= 0.6 is 0 Å². The lowest BCUT2D eigenvalue weighted by molar-refractivity contribution is -0.132. The van der Waals surface area contributed by atoms with Crippen molar-refractivity contribution in [2.24, 2.45) is 10.4 Å². The van der Waals surface area contributed by atoms with Crippen molar-refractivity contribution in [2.75, 3.05) is 26.2 Å². The summed E-state index contributed by atoms with van der Waals surface area (Å²) in [4.78, 5) is 4.29. The molecular weight excluding hydrogens is 271 g/mol. The molecule has 3 N–H and O–H groups in total. The lowest BCUT2D eigenvalue weighted by Crippen LogP contribution is -2.40. The van der Waals surface area contributed by atoms with Gasteiger partial charge in [0.1, 0.15) is 0 Å². The third kappa shape index (κ3) is 7.57. The first-order chi connectivity index (χ1) is 9.32. The first kappa shape index (κ1) is 19.0. The van der Waals surface area contributed by atoms with Gasteiger partial charge in [-0.3, -0.25) is 4.99 Å². The smallest absolute Gasteiger partial charge is 0.390 e. The molecule has 0 atom stereocenters. The van der Waals surface area contributed by atoms with Crippen LogP contribution in [0.5, 0.6) is 0 Å². The van der Waals surface area contributed by atoms with Crippen molar-refractivity contribution >= 4 is 5.96 Å². The Kier molecular flexibility index (Phi) is 8.60. The second kappa shape index (κ2) is 9.05. The summed E-state index contributed by atoms with van der Waals surface area (Å²) in [7, 11) is 0. The maximum absolute atomic E-state index is 12.1. The van der Waals surface area contributed by atoms with Crippen molar-refractivity contribution in [3.05, 3.63) is 0 Å². The normalized spacial score (nSPS) is 13.4. The fourth-order valence-electron chi connectivity index (χ4n) is 1.66. The van der Waals surface area contributed by atoms with E-state index in [0.717, 1.165) is 12.8 Å². The minimum absolute atomic E-state index is 0.0193. The monoisotopic (exact) mass is 297 g/mol. The van der Waals surface area contributed by atoms with Crippen LogP contribution in [0, 0.1) is 5.41 Å². The third-order valence-corrected chi connectivity index (χ3v) is 3.45. The van der Waals surface area contributed by atoms with Crippen LogP contribution in [0.4, 0.5) is 13.2 Å². The zero-order valence-corrected chi connectivity index (χ0v) is 12.5. The Balaban J connectivity index is 4.53. The zero-order chi connectivity index (χ0) is 15.6. The van der Waals surface area contributed by atoms with Crippen molar-refractivity contribution in [1.82, 2.24) is 10.6 Å². The molecule has 0 saturated heterocycles. The molecule has 0 aromatic rings. The number of halogens is 3. The van der Waals surface area contributed by atoms with Gasteiger partial charge in [-0.1, -0.05) is 13.8 Å².